The summed E-state index contributed by atoms with van der Waals surface area (Å²) >= 11 is 0. The Bertz CT molecular complexity index is 459. The second-order valence-corrected chi connectivity index (χ2v) is 8.51. The summed E-state index contributed by atoms with van der Waals surface area (Å²) in [5.41, 5.74) is 2.72. The van der Waals surface area contributed by atoms with Crippen molar-refractivity contribution in [3.63, 3.8) is 0 Å². The molecule has 0 heteroatoms. The Hall–Kier alpha value is -1.04. The summed E-state index contributed by atoms with van der Waals surface area (Å²) in [5, 5.41) is 0. The van der Waals surface area contributed by atoms with Crippen LogP contribution in [0, 0.1) is 0 Å². The molecule has 0 bridgehead atoms. The van der Waals surface area contributed by atoms with Gasteiger partial charge in [-0.3, -0.25) is 0 Å². The molecule has 0 aliphatic rings. The lowest BCUT2D eigenvalue weighted by atomic mass is 9.93. The molecule has 1 aromatic carbocycles. The molecule has 0 nitrogen and oxygen atoms in total. The average molecular weight is 371 g/mol. The zero-order valence-electron chi connectivity index (χ0n) is 18.5. The molecule has 0 saturated carbocycles. The van der Waals surface area contributed by atoms with E-state index < -0.39 is 0 Å². The van der Waals surface area contributed by atoms with E-state index in [1.54, 1.807) is 0 Å². The Morgan fingerprint density at radius 3 is 1.70 bits per heavy atom. The lowest BCUT2D eigenvalue weighted by molar-refractivity contribution is 0.522. The highest BCUT2D eigenvalue weighted by molar-refractivity contribution is 5.48. The van der Waals surface area contributed by atoms with Crippen molar-refractivity contribution in [1.82, 2.24) is 0 Å². The van der Waals surface area contributed by atoms with Crippen molar-refractivity contribution in [2.45, 2.75) is 122 Å². The minimum atomic E-state index is 0.673. The molecule has 0 amide bonds. The second-order valence-electron chi connectivity index (χ2n) is 8.51. The lowest BCUT2D eigenvalue weighted by Gasteiger charge is -2.12. The van der Waals surface area contributed by atoms with Crippen molar-refractivity contribution in [3.8, 4) is 0 Å². The smallest absolute Gasteiger partial charge is 0.0190 e. The van der Waals surface area contributed by atoms with Crippen molar-refractivity contribution in [3.05, 3.63) is 42.0 Å². The van der Waals surface area contributed by atoms with Crippen molar-refractivity contribution >= 4 is 6.08 Å². The van der Waals surface area contributed by atoms with Crippen LogP contribution in [-0.4, -0.2) is 0 Å². The molecule has 0 aliphatic heterocycles. The lowest BCUT2D eigenvalue weighted by Crippen LogP contribution is -1.94. The zero-order valence-corrected chi connectivity index (χ0v) is 18.5. The van der Waals surface area contributed by atoms with Gasteiger partial charge in [-0.2, -0.15) is 0 Å². The van der Waals surface area contributed by atoms with Crippen LogP contribution >= 0.6 is 0 Å². The predicted octanol–water partition coefficient (Wildman–Crippen LogP) is 9.69. The summed E-state index contributed by atoms with van der Waals surface area (Å²) in [6.45, 7) is 8.54. The average Bonchev–Trinajstić information content (AvgIpc) is 2.70. The van der Waals surface area contributed by atoms with E-state index in [1.165, 1.54) is 114 Å². The molecule has 0 saturated heterocycles. The SMILES string of the molecule is C=Cc1cccc(C(C)CCCCCCCCCCCCCCCCC)c1. The second kappa shape index (κ2) is 17.1. The molecule has 1 atom stereocenters. The third-order valence-electron chi connectivity index (χ3n) is 5.96. The van der Waals surface area contributed by atoms with Crippen LogP contribution in [0.1, 0.15) is 134 Å². The number of hydrogen-bond donors (Lipinski definition) is 0. The molecule has 1 unspecified atom stereocenters. The van der Waals surface area contributed by atoms with E-state index in [2.05, 4.69) is 44.7 Å². The van der Waals surface area contributed by atoms with Gasteiger partial charge in [0, 0.05) is 0 Å². The fourth-order valence-corrected chi connectivity index (χ4v) is 3.98. The third kappa shape index (κ3) is 12.9. The first-order chi connectivity index (χ1) is 13.3. The van der Waals surface area contributed by atoms with Gasteiger partial charge < -0.3 is 0 Å². The summed E-state index contributed by atoms with van der Waals surface area (Å²) < 4.78 is 0. The maximum absolute atomic E-state index is 3.88. The van der Waals surface area contributed by atoms with E-state index in [0.717, 1.165) is 0 Å². The Labute approximate surface area is 170 Å². The van der Waals surface area contributed by atoms with E-state index in [9.17, 15) is 0 Å². The molecular weight excluding hydrogens is 324 g/mol. The van der Waals surface area contributed by atoms with E-state index >= 15 is 0 Å². The predicted molar refractivity (Wildman–Crippen MR) is 124 cm³/mol. The van der Waals surface area contributed by atoms with Crippen LogP contribution in [0.3, 0.4) is 0 Å². The molecule has 27 heavy (non-hydrogen) atoms. The van der Waals surface area contributed by atoms with Gasteiger partial charge in [-0.15, -0.1) is 0 Å². The van der Waals surface area contributed by atoms with Gasteiger partial charge in [0.15, 0.2) is 0 Å². The molecule has 0 aliphatic carbocycles. The Morgan fingerprint density at radius 2 is 1.22 bits per heavy atom. The molecule has 154 valence electrons. The van der Waals surface area contributed by atoms with Crippen molar-refractivity contribution in [2.24, 2.45) is 0 Å². The molecule has 0 spiro atoms. The molecule has 1 rings (SSSR count). The molecule has 0 heterocycles. The van der Waals surface area contributed by atoms with Crippen LogP contribution in [0.25, 0.3) is 6.08 Å². The standard InChI is InChI=1S/C27H46/c1-4-6-7-8-9-10-11-12-13-14-15-16-17-18-19-21-25(3)27-23-20-22-26(5-2)24-27/h5,20,22-25H,2,4,6-19,21H2,1,3H3. The van der Waals surface area contributed by atoms with Crippen LogP contribution in [0.15, 0.2) is 30.8 Å². The summed E-state index contributed by atoms with van der Waals surface area (Å²) in [6, 6.07) is 8.86. The maximum Gasteiger partial charge on any atom is -0.0190 e. The minimum Gasteiger partial charge on any atom is -0.0985 e. The topological polar surface area (TPSA) is 0 Å². The number of hydrogen-bond acceptors (Lipinski definition) is 0. The summed E-state index contributed by atoms with van der Waals surface area (Å²) in [6.07, 6.45) is 24.9. The first kappa shape index (κ1) is 24.0. The Morgan fingerprint density at radius 1 is 0.741 bits per heavy atom. The largest absolute Gasteiger partial charge is 0.0985 e. The van der Waals surface area contributed by atoms with Gasteiger partial charge in [-0.1, -0.05) is 147 Å². The number of unbranched alkanes of at least 4 members (excludes halogenated alkanes) is 14. The molecule has 0 radical (unpaired) electrons. The summed E-state index contributed by atoms with van der Waals surface area (Å²) in [4.78, 5) is 0. The number of benzene rings is 1. The first-order valence-corrected chi connectivity index (χ1v) is 12.0. The zero-order chi connectivity index (χ0) is 19.6. The van der Waals surface area contributed by atoms with Gasteiger partial charge in [-0.05, 0) is 23.5 Å². The van der Waals surface area contributed by atoms with Gasteiger partial charge in [0.05, 0.1) is 0 Å². The van der Waals surface area contributed by atoms with Crippen LogP contribution < -0.4 is 0 Å². The molecule has 1 aromatic rings. The van der Waals surface area contributed by atoms with E-state index in [1.807, 2.05) is 6.08 Å². The molecule has 0 aromatic heterocycles. The van der Waals surface area contributed by atoms with Gasteiger partial charge in [0.1, 0.15) is 0 Å². The van der Waals surface area contributed by atoms with Crippen molar-refractivity contribution < 1.29 is 0 Å². The number of rotatable bonds is 18. The van der Waals surface area contributed by atoms with Gasteiger partial charge in [0.2, 0.25) is 0 Å². The normalized spacial score (nSPS) is 12.2. The van der Waals surface area contributed by atoms with Gasteiger partial charge in [0.25, 0.3) is 0 Å². The van der Waals surface area contributed by atoms with Gasteiger partial charge in [-0.25, -0.2) is 0 Å². The molecular formula is C27H46. The maximum atomic E-state index is 3.88. The van der Waals surface area contributed by atoms with Crippen LogP contribution in [-0.2, 0) is 0 Å². The van der Waals surface area contributed by atoms with Crippen LogP contribution in [0.2, 0.25) is 0 Å². The highest BCUT2D eigenvalue weighted by Gasteiger charge is 2.05. The van der Waals surface area contributed by atoms with E-state index in [4.69, 9.17) is 0 Å². The molecule has 0 N–H and O–H groups in total. The van der Waals surface area contributed by atoms with Crippen molar-refractivity contribution in [2.75, 3.05) is 0 Å². The Kier molecular flexibility index (Phi) is 15.2. The minimum absolute atomic E-state index is 0.673. The van der Waals surface area contributed by atoms with Crippen LogP contribution in [0.4, 0.5) is 0 Å². The fraction of sp³-hybridized carbons (Fsp3) is 0.704. The highest BCUT2D eigenvalue weighted by Crippen LogP contribution is 2.23. The van der Waals surface area contributed by atoms with Crippen molar-refractivity contribution in [1.29, 1.82) is 0 Å². The molecule has 0 fully saturated rings. The monoisotopic (exact) mass is 370 g/mol. The third-order valence-corrected chi connectivity index (χ3v) is 5.96. The summed E-state index contributed by atoms with van der Waals surface area (Å²) in [5.74, 6) is 0.673. The highest BCUT2D eigenvalue weighted by atomic mass is 14.1. The fourth-order valence-electron chi connectivity index (χ4n) is 3.98. The first-order valence-electron chi connectivity index (χ1n) is 12.0. The van der Waals surface area contributed by atoms with E-state index in [0.29, 0.717) is 5.92 Å². The summed E-state index contributed by atoms with van der Waals surface area (Å²) in [7, 11) is 0. The van der Waals surface area contributed by atoms with Crippen LogP contribution in [0.5, 0.6) is 0 Å². The van der Waals surface area contributed by atoms with E-state index in [-0.39, 0.29) is 0 Å². The van der Waals surface area contributed by atoms with Gasteiger partial charge >= 0.3 is 0 Å². The quantitative estimate of drug-likeness (QED) is 0.225. The Balaban J connectivity index is 1.87.